The minimum absolute atomic E-state index is 0.143. The van der Waals surface area contributed by atoms with Crippen LogP contribution in [0.1, 0.15) is 11.1 Å². The van der Waals surface area contributed by atoms with E-state index in [-0.39, 0.29) is 24.0 Å². The largest absolute Gasteiger partial charge is 0.508 e. The molecule has 5 heteroatoms. The van der Waals surface area contributed by atoms with Gasteiger partial charge in [0.2, 0.25) is 5.91 Å². The topological polar surface area (TPSA) is 95.6 Å². The molecule has 5 N–H and O–H groups in total. The fourth-order valence-corrected chi connectivity index (χ4v) is 1.95. The summed E-state index contributed by atoms with van der Waals surface area (Å²) in [4.78, 5) is 11.9. The molecule has 0 saturated carbocycles. The van der Waals surface area contributed by atoms with Crippen molar-refractivity contribution in [1.82, 2.24) is 5.32 Å². The number of para-hydroxylation sites is 1. The summed E-state index contributed by atoms with van der Waals surface area (Å²) >= 11 is 0. The van der Waals surface area contributed by atoms with Gasteiger partial charge < -0.3 is 21.3 Å². The molecule has 0 unspecified atom stereocenters. The maximum absolute atomic E-state index is 11.9. The maximum atomic E-state index is 11.9. The molecule has 1 atom stereocenters. The van der Waals surface area contributed by atoms with Gasteiger partial charge in [-0.15, -0.1) is 0 Å². The van der Waals surface area contributed by atoms with Crippen LogP contribution in [-0.2, 0) is 17.8 Å². The average molecular weight is 286 g/mol. The first-order valence-electron chi connectivity index (χ1n) is 6.64. The first-order chi connectivity index (χ1) is 10.1. The van der Waals surface area contributed by atoms with Crippen LogP contribution in [0.15, 0.2) is 48.5 Å². The Balaban J connectivity index is 1.88. The van der Waals surface area contributed by atoms with Gasteiger partial charge in [0.05, 0.1) is 6.04 Å². The zero-order valence-corrected chi connectivity index (χ0v) is 11.5. The highest BCUT2D eigenvalue weighted by Crippen LogP contribution is 2.15. The van der Waals surface area contributed by atoms with E-state index in [1.165, 1.54) is 0 Å². The SMILES string of the molecule is N[C@H](Cc1ccc(O)cc1)C(=O)NCc1ccccc1O. The molecule has 0 aliphatic rings. The summed E-state index contributed by atoms with van der Waals surface area (Å²) in [7, 11) is 0. The van der Waals surface area contributed by atoms with E-state index in [4.69, 9.17) is 5.73 Å². The average Bonchev–Trinajstić information content (AvgIpc) is 2.48. The van der Waals surface area contributed by atoms with E-state index in [0.717, 1.165) is 5.56 Å². The number of hydrogen-bond acceptors (Lipinski definition) is 4. The number of phenolic OH excluding ortho intramolecular Hbond substituents is 2. The normalized spacial score (nSPS) is 11.9. The second-order valence-electron chi connectivity index (χ2n) is 4.82. The van der Waals surface area contributed by atoms with Crippen LogP contribution in [0, 0.1) is 0 Å². The van der Waals surface area contributed by atoms with Crippen molar-refractivity contribution in [1.29, 1.82) is 0 Å². The van der Waals surface area contributed by atoms with Crippen LogP contribution in [0.2, 0.25) is 0 Å². The number of hydrogen-bond donors (Lipinski definition) is 4. The maximum Gasteiger partial charge on any atom is 0.237 e. The molecule has 2 aromatic rings. The van der Waals surface area contributed by atoms with Gasteiger partial charge >= 0.3 is 0 Å². The van der Waals surface area contributed by atoms with E-state index >= 15 is 0 Å². The molecule has 1 amide bonds. The van der Waals surface area contributed by atoms with Crippen molar-refractivity contribution in [2.45, 2.75) is 19.0 Å². The molecule has 5 nitrogen and oxygen atoms in total. The Morgan fingerprint density at radius 3 is 2.43 bits per heavy atom. The molecule has 0 spiro atoms. The first-order valence-corrected chi connectivity index (χ1v) is 6.64. The molecule has 0 radical (unpaired) electrons. The predicted molar refractivity (Wildman–Crippen MR) is 79.7 cm³/mol. The molecular weight excluding hydrogens is 268 g/mol. The minimum atomic E-state index is -0.680. The monoisotopic (exact) mass is 286 g/mol. The Kier molecular flexibility index (Phi) is 4.79. The summed E-state index contributed by atoms with van der Waals surface area (Å²) in [6.07, 6.45) is 0.382. The second-order valence-corrected chi connectivity index (χ2v) is 4.82. The number of benzene rings is 2. The molecule has 0 heterocycles. The number of amides is 1. The quantitative estimate of drug-likeness (QED) is 0.666. The summed E-state index contributed by atoms with van der Waals surface area (Å²) < 4.78 is 0. The number of carbonyl (C=O) groups excluding carboxylic acids is 1. The fourth-order valence-electron chi connectivity index (χ4n) is 1.95. The highest BCUT2D eigenvalue weighted by Gasteiger charge is 2.14. The number of aromatic hydroxyl groups is 2. The van der Waals surface area contributed by atoms with Crippen LogP contribution in [0.25, 0.3) is 0 Å². The van der Waals surface area contributed by atoms with Gasteiger partial charge in [-0.3, -0.25) is 4.79 Å². The zero-order chi connectivity index (χ0) is 15.2. The third kappa shape index (κ3) is 4.22. The van der Waals surface area contributed by atoms with Crippen molar-refractivity contribution in [3.63, 3.8) is 0 Å². The lowest BCUT2D eigenvalue weighted by Gasteiger charge is -2.13. The van der Waals surface area contributed by atoms with Crippen molar-refractivity contribution in [2.24, 2.45) is 5.73 Å². The predicted octanol–water partition coefficient (Wildman–Crippen LogP) is 1.28. The number of rotatable bonds is 5. The van der Waals surface area contributed by atoms with Gasteiger partial charge in [0.1, 0.15) is 11.5 Å². The van der Waals surface area contributed by atoms with Gasteiger partial charge in [0, 0.05) is 12.1 Å². The molecule has 0 aromatic heterocycles. The highest BCUT2D eigenvalue weighted by atomic mass is 16.3. The van der Waals surface area contributed by atoms with E-state index in [9.17, 15) is 15.0 Å². The number of nitrogens with two attached hydrogens (primary N) is 1. The van der Waals surface area contributed by atoms with Gasteiger partial charge in [-0.05, 0) is 30.2 Å². The molecule has 0 fully saturated rings. The van der Waals surface area contributed by atoms with Crippen LogP contribution in [0.3, 0.4) is 0 Å². The number of phenols is 2. The molecule has 0 saturated heterocycles. The van der Waals surface area contributed by atoms with Gasteiger partial charge in [0.15, 0.2) is 0 Å². The smallest absolute Gasteiger partial charge is 0.237 e. The Bertz CT molecular complexity index is 611. The van der Waals surface area contributed by atoms with Gasteiger partial charge in [0.25, 0.3) is 0 Å². The van der Waals surface area contributed by atoms with Crippen LogP contribution < -0.4 is 11.1 Å². The van der Waals surface area contributed by atoms with Gasteiger partial charge in [-0.2, -0.15) is 0 Å². The Hall–Kier alpha value is -2.53. The lowest BCUT2D eigenvalue weighted by Crippen LogP contribution is -2.41. The molecule has 21 heavy (non-hydrogen) atoms. The van der Waals surface area contributed by atoms with Crippen molar-refractivity contribution >= 4 is 5.91 Å². The van der Waals surface area contributed by atoms with Crippen molar-refractivity contribution in [3.8, 4) is 11.5 Å². The van der Waals surface area contributed by atoms with E-state index in [1.807, 2.05) is 0 Å². The molecule has 0 bridgehead atoms. The molecule has 2 aromatic carbocycles. The minimum Gasteiger partial charge on any atom is -0.508 e. The van der Waals surface area contributed by atoms with E-state index in [0.29, 0.717) is 12.0 Å². The highest BCUT2D eigenvalue weighted by molar-refractivity contribution is 5.81. The second kappa shape index (κ2) is 6.76. The standard InChI is InChI=1S/C16H18N2O3/c17-14(9-11-5-7-13(19)8-6-11)16(21)18-10-12-3-1-2-4-15(12)20/h1-8,14,19-20H,9-10,17H2,(H,18,21)/t14-/m1/s1. The summed E-state index contributed by atoms with van der Waals surface area (Å²) in [5, 5.41) is 21.5. The summed E-state index contributed by atoms with van der Waals surface area (Å²) in [5.74, 6) is 0.0348. The van der Waals surface area contributed by atoms with Crippen LogP contribution in [0.4, 0.5) is 0 Å². The third-order valence-electron chi connectivity index (χ3n) is 3.17. The third-order valence-corrected chi connectivity index (χ3v) is 3.17. The van der Waals surface area contributed by atoms with Crippen LogP contribution in [0.5, 0.6) is 11.5 Å². The Labute approximate surface area is 123 Å². The molecular formula is C16H18N2O3. The van der Waals surface area contributed by atoms with Crippen molar-refractivity contribution in [3.05, 3.63) is 59.7 Å². The molecule has 110 valence electrons. The molecule has 2 rings (SSSR count). The summed E-state index contributed by atoms with van der Waals surface area (Å²) in [5.41, 5.74) is 7.37. The van der Waals surface area contributed by atoms with E-state index in [2.05, 4.69) is 5.32 Å². The van der Waals surface area contributed by atoms with Crippen molar-refractivity contribution in [2.75, 3.05) is 0 Å². The van der Waals surface area contributed by atoms with Gasteiger partial charge in [-0.1, -0.05) is 30.3 Å². The Morgan fingerprint density at radius 1 is 1.10 bits per heavy atom. The van der Waals surface area contributed by atoms with E-state index < -0.39 is 6.04 Å². The van der Waals surface area contributed by atoms with Crippen LogP contribution in [-0.4, -0.2) is 22.2 Å². The van der Waals surface area contributed by atoms with E-state index in [1.54, 1.807) is 48.5 Å². The summed E-state index contributed by atoms with van der Waals surface area (Å²) in [6.45, 7) is 0.231. The fraction of sp³-hybridized carbons (Fsp3) is 0.188. The van der Waals surface area contributed by atoms with Gasteiger partial charge in [-0.25, -0.2) is 0 Å². The first kappa shape index (κ1) is 14.9. The zero-order valence-electron chi connectivity index (χ0n) is 11.5. The lowest BCUT2D eigenvalue weighted by molar-refractivity contribution is -0.122. The lowest BCUT2D eigenvalue weighted by atomic mass is 10.1. The number of nitrogens with one attached hydrogen (secondary N) is 1. The number of carbonyl (C=O) groups is 1. The Morgan fingerprint density at radius 2 is 1.76 bits per heavy atom. The van der Waals surface area contributed by atoms with Crippen LogP contribution >= 0.6 is 0 Å². The summed E-state index contributed by atoms with van der Waals surface area (Å²) in [6, 6.07) is 12.7. The molecule has 0 aliphatic heterocycles. The van der Waals surface area contributed by atoms with Crippen molar-refractivity contribution < 1.29 is 15.0 Å². The molecule has 0 aliphatic carbocycles.